The number of methoxy groups -OCH3 is 1. The maximum absolute atomic E-state index is 12.2. The lowest BCUT2D eigenvalue weighted by molar-refractivity contribution is 0.410. The zero-order chi connectivity index (χ0) is 9.84. The molecule has 1 aromatic carbocycles. The van der Waals surface area contributed by atoms with Gasteiger partial charge in [-0.2, -0.15) is 0 Å². The smallest absolute Gasteiger partial charge is 0.121 e. The topological polar surface area (TPSA) is 35.2 Å². The third kappa shape index (κ3) is 2.86. The number of hydrogen-bond donors (Lipinski definition) is 1. The van der Waals surface area contributed by atoms with Crippen molar-refractivity contribution < 1.29 is 9.13 Å². The van der Waals surface area contributed by atoms with Crippen LogP contribution in [0.5, 0.6) is 5.75 Å². The van der Waals surface area contributed by atoms with Crippen LogP contribution >= 0.6 is 12.4 Å². The second-order valence-corrected chi connectivity index (χ2v) is 2.99. The first-order valence-corrected chi connectivity index (χ1v) is 4.15. The van der Waals surface area contributed by atoms with Crippen LogP contribution < -0.4 is 10.5 Å². The third-order valence-electron chi connectivity index (χ3n) is 2.01. The summed E-state index contributed by atoms with van der Waals surface area (Å²) < 4.78 is 17.3. The normalized spacial score (nSPS) is 11.7. The second kappa shape index (κ2) is 5.83. The standard InChI is InChI=1S/C10H14FNO.ClH/c1-7-5-8(9(12)6-11)3-4-10(7)13-2;/h3-5,9H,6,12H2,1-2H3;1H/t9-;/m0./s1. The van der Waals surface area contributed by atoms with E-state index in [4.69, 9.17) is 10.5 Å². The molecule has 0 bridgehead atoms. The van der Waals surface area contributed by atoms with Crippen molar-refractivity contribution in [2.75, 3.05) is 13.8 Å². The van der Waals surface area contributed by atoms with E-state index in [1.807, 2.05) is 13.0 Å². The highest BCUT2D eigenvalue weighted by atomic mass is 35.5. The van der Waals surface area contributed by atoms with Gasteiger partial charge in [0.05, 0.1) is 13.2 Å². The first-order chi connectivity index (χ1) is 6.19. The first kappa shape index (κ1) is 13.2. The van der Waals surface area contributed by atoms with E-state index in [-0.39, 0.29) is 12.4 Å². The van der Waals surface area contributed by atoms with E-state index in [2.05, 4.69) is 0 Å². The average molecular weight is 220 g/mol. The van der Waals surface area contributed by atoms with E-state index in [1.165, 1.54) is 0 Å². The van der Waals surface area contributed by atoms with Crippen molar-refractivity contribution in [2.24, 2.45) is 5.73 Å². The zero-order valence-electron chi connectivity index (χ0n) is 8.29. The Morgan fingerprint density at radius 1 is 1.50 bits per heavy atom. The van der Waals surface area contributed by atoms with Gasteiger partial charge in [-0.3, -0.25) is 0 Å². The van der Waals surface area contributed by atoms with Crippen LogP contribution in [-0.2, 0) is 0 Å². The highest BCUT2D eigenvalue weighted by Crippen LogP contribution is 2.21. The highest BCUT2D eigenvalue weighted by molar-refractivity contribution is 5.85. The number of alkyl halides is 1. The van der Waals surface area contributed by atoms with Gasteiger partial charge in [0.25, 0.3) is 0 Å². The molecule has 0 unspecified atom stereocenters. The van der Waals surface area contributed by atoms with Gasteiger partial charge in [0.15, 0.2) is 0 Å². The number of ether oxygens (including phenoxy) is 1. The van der Waals surface area contributed by atoms with Crippen molar-refractivity contribution in [3.63, 3.8) is 0 Å². The van der Waals surface area contributed by atoms with Crippen molar-refractivity contribution in [3.8, 4) is 5.75 Å². The Hall–Kier alpha value is -0.800. The minimum absolute atomic E-state index is 0. The fraction of sp³-hybridized carbons (Fsp3) is 0.400. The van der Waals surface area contributed by atoms with Gasteiger partial charge >= 0.3 is 0 Å². The molecule has 2 nitrogen and oxygen atoms in total. The van der Waals surface area contributed by atoms with Gasteiger partial charge in [0.1, 0.15) is 12.4 Å². The van der Waals surface area contributed by atoms with Crippen molar-refractivity contribution >= 4 is 12.4 Å². The number of rotatable bonds is 3. The van der Waals surface area contributed by atoms with E-state index < -0.39 is 12.7 Å². The fourth-order valence-electron chi connectivity index (χ4n) is 1.22. The Labute approximate surface area is 89.7 Å². The summed E-state index contributed by atoms with van der Waals surface area (Å²) in [5.41, 5.74) is 7.32. The van der Waals surface area contributed by atoms with Crippen LogP contribution in [0.4, 0.5) is 4.39 Å². The summed E-state index contributed by atoms with van der Waals surface area (Å²) in [5.74, 6) is 0.801. The lowest BCUT2D eigenvalue weighted by Crippen LogP contribution is -2.12. The molecule has 14 heavy (non-hydrogen) atoms. The molecule has 0 radical (unpaired) electrons. The second-order valence-electron chi connectivity index (χ2n) is 2.99. The molecule has 80 valence electrons. The van der Waals surface area contributed by atoms with Crippen LogP contribution in [0, 0.1) is 6.92 Å². The number of hydrogen-bond acceptors (Lipinski definition) is 2. The summed E-state index contributed by atoms with van der Waals surface area (Å²) >= 11 is 0. The predicted octanol–water partition coefficient (Wildman–Crippen LogP) is 2.39. The summed E-state index contributed by atoms with van der Waals surface area (Å²) in [7, 11) is 1.61. The molecule has 1 aromatic rings. The molecule has 0 amide bonds. The summed E-state index contributed by atoms with van der Waals surface area (Å²) in [6.45, 7) is 1.37. The molecule has 2 N–H and O–H groups in total. The Kier molecular flexibility index (Phi) is 5.50. The summed E-state index contributed by atoms with van der Waals surface area (Å²) in [5, 5.41) is 0. The Morgan fingerprint density at radius 3 is 2.57 bits per heavy atom. The van der Waals surface area contributed by atoms with Crippen LogP contribution in [0.25, 0.3) is 0 Å². The molecule has 0 aromatic heterocycles. The van der Waals surface area contributed by atoms with E-state index in [9.17, 15) is 4.39 Å². The van der Waals surface area contributed by atoms with Crippen LogP contribution in [-0.4, -0.2) is 13.8 Å². The van der Waals surface area contributed by atoms with Gasteiger partial charge in [0, 0.05) is 0 Å². The maximum Gasteiger partial charge on any atom is 0.121 e. The van der Waals surface area contributed by atoms with Crippen molar-refractivity contribution in [3.05, 3.63) is 29.3 Å². The molecular weight excluding hydrogens is 205 g/mol. The molecule has 0 fully saturated rings. The quantitative estimate of drug-likeness (QED) is 0.848. The monoisotopic (exact) mass is 219 g/mol. The van der Waals surface area contributed by atoms with Crippen LogP contribution in [0.15, 0.2) is 18.2 Å². The van der Waals surface area contributed by atoms with Gasteiger partial charge < -0.3 is 10.5 Å². The molecule has 0 aliphatic carbocycles. The minimum atomic E-state index is -0.536. The molecule has 0 saturated carbocycles. The number of aryl methyl sites for hydroxylation is 1. The Balaban J connectivity index is 0.00000169. The number of benzene rings is 1. The number of nitrogens with two attached hydrogens (primary N) is 1. The lowest BCUT2D eigenvalue weighted by atomic mass is 10.1. The Bertz CT molecular complexity index is 293. The van der Waals surface area contributed by atoms with Crippen LogP contribution in [0.3, 0.4) is 0 Å². The van der Waals surface area contributed by atoms with Gasteiger partial charge in [-0.05, 0) is 24.1 Å². The minimum Gasteiger partial charge on any atom is -0.496 e. The molecule has 0 spiro atoms. The largest absolute Gasteiger partial charge is 0.496 e. The first-order valence-electron chi connectivity index (χ1n) is 4.15. The number of halogens is 2. The molecule has 1 atom stereocenters. The molecule has 4 heteroatoms. The maximum atomic E-state index is 12.2. The van der Waals surface area contributed by atoms with Crippen molar-refractivity contribution in [1.82, 2.24) is 0 Å². The summed E-state index contributed by atoms with van der Waals surface area (Å²) in [6.07, 6.45) is 0. The van der Waals surface area contributed by atoms with Crippen LogP contribution in [0.2, 0.25) is 0 Å². The van der Waals surface area contributed by atoms with Crippen LogP contribution in [0.1, 0.15) is 17.2 Å². The van der Waals surface area contributed by atoms with E-state index >= 15 is 0 Å². The Morgan fingerprint density at radius 2 is 2.14 bits per heavy atom. The predicted molar refractivity (Wildman–Crippen MR) is 57.9 cm³/mol. The van der Waals surface area contributed by atoms with E-state index in [0.717, 1.165) is 16.9 Å². The summed E-state index contributed by atoms with van der Waals surface area (Å²) in [6, 6.07) is 4.92. The van der Waals surface area contributed by atoms with Gasteiger partial charge in [-0.15, -0.1) is 12.4 Å². The van der Waals surface area contributed by atoms with Gasteiger partial charge in [-0.1, -0.05) is 12.1 Å². The fourth-order valence-corrected chi connectivity index (χ4v) is 1.22. The molecule has 0 aliphatic heterocycles. The van der Waals surface area contributed by atoms with Gasteiger partial charge in [0.2, 0.25) is 0 Å². The molecule has 1 rings (SSSR count). The SMILES string of the molecule is COc1ccc([C@@H](N)CF)cc1C.Cl. The molecule has 0 saturated heterocycles. The molecule has 0 heterocycles. The van der Waals surface area contributed by atoms with E-state index in [1.54, 1.807) is 19.2 Å². The van der Waals surface area contributed by atoms with Crippen molar-refractivity contribution in [2.45, 2.75) is 13.0 Å². The van der Waals surface area contributed by atoms with Crippen molar-refractivity contribution in [1.29, 1.82) is 0 Å². The molecular formula is C10H15ClFNO. The van der Waals surface area contributed by atoms with Gasteiger partial charge in [-0.25, -0.2) is 4.39 Å². The average Bonchev–Trinajstić information content (AvgIpc) is 2.16. The summed E-state index contributed by atoms with van der Waals surface area (Å²) in [4.78, 5) is 0. The third-order valence-corrected chi connectivity index (χ3v) is 2.01. The van der Waals surface area contributed by atoms with E-state index in [0.29, 0.717) is 0 Å². The lowest BCUT2D eigenvalue weighted by Gasteiger charge is -2.10. The molecule has 0 aliphatic rings. The zero-order valence-corrected chi connectivity index (χ0v) is 9.10. The highest BCUT2D eigenvalue weighted by Gasteiger charge is 2.06.